The Morgan fingerprint density at radius 2 is 2.17 bits per heavy atom. The second kappa shape index (κ2) is 5.50. The van der Waals surface area contributed by atoms with E-state index in [1.54, 1.807) is 0 Å². The largest absolute Gasteiger partial charge is 0.463 e. The lowest BCUT2D eigenvalue weighted by molar-refractivity contribution is -0.164. The van der Waals surface area contributed by atoms with Gasteiger partial charge in [-0.25, -0.2) is 0 Å². The van der Waals surface area contributed by atoms with Crippen molar-refractivity contribution in [2.45, 2.75) is 32.2 Å². The van der Waals surface area contributed by atoms with Crippen LogP contribution in [0.4, 0.5) is 0 Å². The minimum absolute atomic E-state index is 0.178. The van der Waals surface area contributed by atoms with Crippen LogP contribution in [0.1, 0.15) is 19.4 Å². The first-order valence-electron chi connectivity index (χ1n) is 6.06. The van der Waals surface area contributed by atoms with Crippen LogP contribution in [0.3, 0.4) is 0 Å². The maximum atomic E-state index is 10.7. The minimum Gasteiger partial charge on any atom is -0.463 e. The van der Waals surface area contributed by atoms with E-state index >= 15 is 0 Å². The summed E-state index contributed by atoms with van der Waals surface area (Å²) in [4.78, 5) is 10.7. The van der Waals surface area contributed by atoms with Crippen LogP contribution in [0.25, 0.3) is 0 Å². The van der Waals surface area contributed by atoms with Crippen molar-refractivity contribution in [1.82, 2.24) is 0 Å². The molecule has 18 heavy (non-hydrogen) atoms. The highest BCUT2D eigenvalue weighted by Crippen LogP contribution is 2.27. The third-order valence-electron chi connectivity index (χ3n) is 2.83. The monoisotopic (exact) mass is 250 g/mol. The van der Waals surface area contributed by atoms with E-state index in [1.807, 2.05) is 37.3 Å². The normalized spacial score (nSPS) is 27.1. The van der Waals surface area contributed by atoms with Gasteiger partial charge >= 0.3 is 5.97 Å². The lowest BCUT2D eigenvalue weighted by Crippen LogP contribution is -2.30. The number of carbonyl (C=O) groups excluding carboxylic acids is 1. The fraction of sp³-hybridized carbons (Fsp3) is 0.500. The standard InChI is InChI=1S/C14H18O4/c1-11(15)16-9-13-10-17-14(2,18-13)8-12-6-4-3-5-7-12/h3-7,13H,8-10H2,1-2H3/t13-,14-/m0/s1. The second-order valence-electron chi connectivity index (χ2n) is 4.65. The number of benzene rings is 1. The fourth-order valence-corrected chi connectivity index (χ4v) is 2.04. The average molecular weight is 250 g/mol. The summed E-state index contributed by atoms with van der Waals surface area (Å²) in [6.07, 6.45) is 0.507. The summed E-state index contributed by atoms with van der Waals surface area (Å²) in [6, 6.07) is 10.0. The molecule has 1 heterocycles. The van der Waals surface area contributed by atoms with Crippen LogP contribution in [0.5, 0.6) is 0 Å². The van der Waals surface area contributed by atoms with E-state index in [1.165, 1.54) is 6.92 Å². The Morgan fingerprint density at radius 3 is 2.83 bits per heavy atom. The molecular formula is C14H18O4. The van der Waals surface area contributed by atoms with Gasteiger partial charge in [0, 0.05) is 13.3 Å². The van der Waals surface area contributed by atoms with E-state index in [-0.39, 0.29) is 18.7 Å². The zero-order chi connectivity index (χ0) is 13.0. The maximum absolute atomic E-state index is 10.7. The summed E-state index contributed by atoms with van der Waals surface area (Å²) in [5.74, 6) is -0.929. The SMILES string of the molecule is CC(=O)OC[C@H]1CO[C@](C)(Cc2ccccc2)O1. The molecule has 0 amide bonds. The molecule has 1 saturated heterocycles. The van der Waals surface area contributed by atoms with Crippen molar-refractivity contribution in [3.05, 3.63) is 35.9 Å². The third kappa shape index (κ3) is 3.55. The van der Waals surface area contributed by atoms with Crippen LogP contribution in [-0.4, -0.2) is 31.1 Å². The zero-order valence-corrected chi connectivity index (χ0v) is 10.7. The van der Waals surface area contributed by atoms with Crippen molar-refractivity contribution >= 4 is 5.97 Å². The van der Waals surface area contributed by atoms with Crippen LogP contribution in [0.2, 0.25) is 0 Å². The Morgan fingerprint density at radius 1 is 1.44 bits per heavy atom. The molecule has 0 saturated carbocycles. The molecule has 98 valence electrons. The van der Waals surface area contributed by atoms with Crippen LogP contribution in [0, 0.1) is 0 Å². The average Bonchev–Trinajstić information content (AvgIpc) is 2.69. The predicted molar refractivity (Wildman–Crippen MR) is 66.0 cm³/mol. The van der Waals surface area contributed by atoms with Crippen LogP contribution >= 0.6 is 0 Å². The number of carbonyl (C=O) groups is 1. The highest BCUT2D eigenvalue weighted by Gasteiger charge is 2.37. The molecule has 0 aromatic heterocycles. The van der Waals surface area contributed by atoms with E-state index in [0.717, 1.165) is 5.56 Å². The second-order valence-corrected chi connectivity index (χ2v) is 4.65. The third-order valence-corrected chi connectivity index (χ3v) is 2.83. The highest BCUT2D eigenvalue weighted by molar-refractivity contribution is 5.65. The molecule has 0 spiro atoms. The van der Waals surface area contributed by atoms with Gasteiger partial charge in [-0.05, 0) is 12.5 Å². The topological polar surface area (TPSA) is 44.8 Å². The van der Waals surface area contributed by atoms with Crippen LogP contribution in [0.15, 0.2) is 30.3 Å². The Labute approximate surface area is 107 Å². The molecule has 0 bridgehead atoms. The highest BCUT2D eigenvalue weighted by atomic mass is 16.7. The van der Waals surface area contributed by atoms with E-state index in [9.17, 15) is 4.79 Å². The molecule has 4 heteroatoms. The molecule has 2 rings (SSSR count). The van der Waals surface area contributed by atoms with Crippen molar-refractivity contribution in [3.63, 3.8) is 0 Å². The molecule has 1 aromatic rings. The Hall–Kier alpha value is -1.39. The summed E-state index contributed by atoms with van der Waals surface area (Å²) in [7, 11) is 0. The van der Waals surface area contributed by atoms with Gasteiger partial charge in [0.05, 0.1) is 6.61 Å². The van der Waals surface area contributed by atoms with Crippen molar-refractivity contribution in [2.75, 3.05) is 13.2 Å². The molecule has 1 aliphatic heterocycles. The van der Waals surface area contributed by atoms with Crippen molar-refractivity contribution in [1.29, 1.82) is 0 Å². The lowest BCUT2D eigenvalue weighted by atomic mass is 10.1. The van der Waals surface area contributed by atoms with E-state index in [2.05, 4.69) is 0 Å². The number of hydrogen-bond acceptors (Lipinski definition) is 4. The Kier molecular flexibility index (Phi) is 3.99. The van der Waals surface area contributed by atoms with Gasteiger partial charge in [-0.3, -0.25) is 4.79 Å². The molecule has 0 radical (unpaired) electrons. The van der Waals surface area contributed by atoms with Crippen molar-refractivity contribution < 1.29 is 19.0 Å². The molecule has 0 aliphatic carbocycles. The van der Waals surface area contributed by atoms with Gasteiger partial charge in [0.15, 0.2) is 5.79 Å². The number of ether oxygens (including phenoxy) is 3. The molecule has 1 fully saturated rings. The van der Waals surface area contributed by atoms with Gasteiger partial charge in [0.25, 0.3) is 0 Å². The number of esters is 1. The zero-order valence-electron chi connectivity index (χ0n) is 10.7. The summed E-state index contributed by atoms with van der Waals surface area (Å²) in [5.41, 5.74) is 1.16. The minimum atomic E-state index is -0.633. The molecule has 2 atom stereocenters. The van der Waals surface area contributed by atoms with Crippen molar-refractivity contribution in [3.8, 4) is 0 Å². The summed E-state index contributed by atoms with van der Waals surface area (Å²) in [5, 5.41) is 0. The maximum Gasteiger partial charge on any atom is 0.302 e. The first-order valence-corrected chi connectivity index (χ1v) is 6.06. The lowest BCUT2D eigenvalue weighted by Gasteiger charge is -2.23. The van der Waals surface area contributed by atoms with Crippen molar-refractivity contribution in [2.24, 2.45) is 0 Å². The molecule has 0 unspecified atom stereocenters. The van der Waals surface area contributed by atoms with E-state index in [4.69, 9.17) is 14.2 Å². The van der Waals surface area contributed by atoms with Gasteiger partial charge in [0.2, 0.25) is 0 Å². The van der Waals surface area contributed by atoms with Crippen LogP contribution in [-0.2, 0) is 25.4 Å². The molecule has 4 nitrogen and oxygen atoms in total. The van der Waals surface area contributed by atoms with Crippen LogP contribution < -0.4 is 0 Å². The van der Waals surface area contributed by atoms with Gasteiger partial charge in [-0.1, -0.05) is 30.3 Å². The summed E-state index contributed by atoms with van der Waals surface area (Å²) in [6.45, 7) is 4.00. The molecular weight excluding hydrogens is 232 g/mol. The molecule has 0 N–H and O–H groups in total. The van der Waals surface area contributed by atoms with Gasteiger partial charge < -0.3 is 14.2 Å². The van der Waals surface area contributed by atoms with E-state index < -0.39 is 5.79 Å². The first kappa shape index (κ1) is 13.1. The summed E-state index contributed by atoms with van der Waals surface area (Å²) < 4.78 is 16.4. The summed E-state index contributed by atoms with van der Waals surface area (Å²) >= 11 is 0. The molecule has 1 aliphatic rings. The quantitative estimate of drug-likeness (QED) is 0.766. The predicted octanol–water partition coefficient (Wildman–Crippen LogP) is 1.92. The first-order chi connectivity index (χ1) is 8.57. The fourth-order valence-electron chi connectivity index (χ4n) is 2.04. The number of rotatable bonds is 4. The number of hydrogen-bond donors (Lipinski definition) is 0. The van der Waals surface area contributed by atoms with Gasteiger partial charge in [-0.15, -0.1) is 0 Å². The Balaban J connectivity index is 1.88. The van der Waals surface area contributed by atoms with Gasteiger partial charge in [0.1, 0.15) is 12.7 Å². The Bertz CT molecular complexity index is 404. The molecule has 1 aromatic carbocycles. The smallest absolute Gasteiger partial charge is 0.302 e. The van der Waals surface area contributed by atoms with Gasteiger partial charge in [-0.2, -0.15) is 0 Å². The van der Waals surface area contributed by atoms with E-state index in [0.29, 0.717) is 13.0 Å².